The van der Waals surface area contributed by atoms with Crippen LogP contribution in [-0.2, 0) is 16.0 Å². The number of anilines is 1. The molecular weight excluding hydrogens is 589 g/mol. The summed E-state index contributed by atoms with van der Waals surface area (Å²) in [5, 5.41) is 2.76. The second-order valence-electron chi connectivity index (χ2n) is 9.74. The lowest BCUT2D eigenvalue weighted by Gasteiger charge is -2.28. The summed E-state index contributed by atoms with van der Waals surface area (Å²) in [5.41, 5.74) is 5.53. The van der Waals surface area contributed by atoms with E-state index >= 15 is 0 Å². The molecule has 3 atom stereocenters. The number of nitrogens with two attached hydrogens (primary N) is 1. The molecule has 42 heavy (non-hydrogen) atoms. The number of benzene rings is 2. The zero-order valence-electron chi connectivity index (χ0n) is 22.0. The van der Waals surface area contributed by atoms with Gasteiger partial charge in [-0.25, -0.2) is 0 Å². The van der Waals surface area contributed by atoms with Crippen LogP contribution in [0.25, 0.3) is 11.1 Å². The molecule has 8 nitrogen and oxygen atoms in total. The maximum atomic E-state index is 13.8. The second-order valence-corrected chi connectivity index (χ2v) is 10.2. The zero-order chi connectivity index (χ0) is 30.8. The first kappa shape index (κ1) is 31.0. The molecule has 1 aromatic heterocycles. The van der Waals surface area contributed by atoms with E-state index in [0.717, 1.165) is 16.8 Å². The monoisotopic (exact) mass is 613 g/mol. The summed E-state index contributed by atoms with van der Waals surface area (Å²) in [6.07, 6.45) is -5.57. The van der Waals surface area contributed by atoms with E-state index in [1.54, 1.807) is 0 Å². The highest BCUT2D eigenvalue weighted by molar-refractivity contribution is 6.30. The number of fused-ring (bicyclic) bond motifs is 3. The smallest absolute Gasteiger partial charge is 0.395 e. The predicted octanol–water partition coefficient (Wildman–Crippen LogP) is 5.58. The normalized spacial score (nSPS) is 16.3. The Kier molecular flexibility index (Phi) is 9.21. The first-order chi connectivity index (χ1) is 19.7. The molecule has 0 aliphatic carbocycles. The lowest BCUT2D eigenvalue weighted by molar-refractivity contribution is -0.181. The van der Waals surface area contributed by atoms with Gasteiger partial charge in [-0.1, -0.05) is 17.7 Å². The lowest BCUT2D eigenvalue weighted by atomic mass is 9.91. The van der Waals surface area contributed by atoms with Gasteiger partial charge in [0.1, 0.15) is 18.4 Å². The number of halogens is 6. The van der Waals surface area contributed by atoms with Gasteiger partial charge in [0, 0.05) is 34.3 Å². The van der Waals surface area contributed by atoms with Gasteiger partial charge in [-0.2, -0.15) is 22.0 Å². The number of aromatic nitrogens is 1. The molecule has 0 spiro atoms. The summed E-state index contributed by atoms with van der Waals surface area (Å²) in [5.74, 6) is -3.55. The van der Waals surface area contributed by atoms with Crippen LogP contribution in [0.4, 0.5) is 27.6 Å². The van der Waals surface area contributed by atoms with Crippen LogP contribution in [-0.4, -0.2) is 41.9 Å². The minimum atomic E-state index is -4.60. The van der Waals surface area contributed by atoms with Crippen molar-refractivity contribution in [3.63, 3.8) is 0 Å². The van der Waals surface area contributed by atoms with E-state index in [4.69, 9.17) is 22.1 Å². The predicted molar refractivity (Wildman–Crippen MR) is 144 cm³/mol. The van der Waals surface area contributed by atoms with Gasteiger partial charge in [-0.15, -0.1) is 0 Å². The van der Waals surface area contributed by atoms with Crippen LogP contribution >= 0.6 is 11.6 Å². The van der Waals surface area contributed by atoms with E-state index in [1.807, 2.05) is 0 Å². The summed E-state index contributed by atoms with van der Waals surface area (Å²) in [6.45, 7) is -2.67. The number of carbonyl (C=O) groups is 2. The van der Waals surface area contributed by atoms with Crippen molar-refractivity contribution < 1.29 is 41.0 Å². The number of primary amides is 1. The molecule has 2 heterocycles. The third-order valence-electron chi connectivity index (χ3n) is 6.74. The number of carbonyl (C=O) groups excluding carboxylic acids is 2. The number of amides is 2. The topological polar surface area (TPSA) is 113 Å². The first-order valence-corrected chi connectivity index (χ1v) is 13.0. The number of nitrogens with one attached hydrogen (secondary N) is 1. The molecule has 0 radical (unpaired) electrons. The molecule has 1 aliphatic heterocycles. The maximum Gasteiger partial charge on any atom is 0.395 e. The molecule has 4 rings (SSSR count). The summed E-state index contributed by atoms with van der Waals surface area (Å²) < 4.78 is 78.2. The van der Waals surface area contributed by atoms with Gasteiger partial charge in [0.25, 0.3) is 5.56 Å². The van der Waals surface area contributed by atoms with E-state index in [9.17, 15) is 36.3 Å². The average molecular weight is 614 g/mol. The van der Waals surface area contributed by atoms with Crippen LogP contribution in [0.15, 0.2) is 59.5 Å². The fourth-order valence-electron chi connectivity index (χ4n) is 4.64. The number of rotatable bonds is 8. The van der Waals surface area contributed by atoms with Gasteiger partial charge in [-0.05, 0) is 60.9 Å². The van der Waals surface area contributed by atoms with Crippen LogP contribution < -0.4 is 21.3 Å². The molecule has 3 N–H and O–H groups in total. The van der Waals surface area contributed by atoms with E-state index in [-0.39, 0.29) is 38.7 Å². The number of pyridine rings is 1. The van der Waals surface area contributed by atoms with Crippen LogP contribution in [0.1, 0.15) is 35.3 Å². The highest BCUT2D eigenvalue weighted by Crippen LogP contribution is 2.40. The minimum absolute atomic E-state index is 0.141. The molecule has 2 aromatic carbocycles. The van der Waals surface area contributed by atoms with Crippen molar-refractivity contribution in [2.24, 2.45) is 11.7 Å². The van der Waals surface area contributed by atoms with Crippen LogP contribution in [0, 0.1) is 5.92 Å². The Balaban J connectivity index is 1.78. The Morgan fingerprint density at radius 2 is 1.83 bits per heavy atom. The van der Waals surface area contributed by atoms with Crippen molar-refractivity contribution in [3.8, 4) is 16.9 Å². The van der Waals surface area contributed by atoms with Crippen molar-refractivity contribution in [2.45, 2.75) is 44.7 Å². The summed E-state index contributed by atoms with van der Waals surface area (Å²) >= 11 is 6.13. The Labute approximate surface area is 241 Å². The summed E-state index contributed by atoms with van der Waals surface area (Å²) in [7, 11) is 0. The molecule has 0 saturated carbocycles. The highest BCUT2D eigenvalue weighted by atomic mass is 35.5. The molecule has 0 fully saturated rings. The Bertz CT molecular complexity index is 1530. The third kappa shape index (κ3) is 7.26. The van der Waals surface area contributed by atoms with E-state index in [2.05, 4.69) is 10.1 Å². The van der Waals surface area contributed by atoms with Gasteiger partial charge >= 0.3 is 12.8 Å². The molecule has 1 unspecified atom stereocenters. The molecule has 3 aromatic rings. The van der Waals surface area contributed by atoms with Gasteiger partial charge in [0.2, 0.25) is 11.8 Å². The fraction of sp³-hybridized carbons (Fsp3) is 0.321. The van der Waals surface area contributed by atoms with Crippen molar-refractivity contribution in [1.29, 1.82) is 0 Å². The second kappa shape index (κ2) is 12.5. The Hall–Kier alpha value is -3.97. The van der Waals surface area contributed by atoms with E-state index in [0.29, 0.717) is 0 Å². The van der Waals surface area contributed by atoms with Crippen molar-refractivity contribution in [3.05, 3.63) is 81.2 Å². The summed E-state index contributed by atoms with van der Waals surface area (Å²) in [4.78, 5) is 38.2. The zero-order valence-corrected chi connectivity index (χ0v) is 22.7. The quantitative estimate of drug-likeness (QED) is 0.322. The van der Waals surface area contributed by atoms with Gasteiger partial charge in [-0.3, -0.25) is 19.0 Å². The molecule has 0 bridgehead atoms. The summed E-state index contributed by atoms with van der Waals surface area (Å²) in [6, 6.07) is 9.38. The van der Waals surface area contributed by atoms with Gasteiger partial charge in [0.15, 0.2) is 0 Å². The Morgan fingerprint density at radius 3 is 2.45 bits per heavy atom. The largest absolute Gasteiger partial charge is 0.491 e. The number of nitrogens with zero attached hydrogens (tertiary/aromatic N) is 1. The maximum absolute atomic E-state index is 13.8. The van der Waals surface area contributed by atoms with Gasteiger partial charge < -0.3 is 20.5 Å². The van der Waals surface area contributed by atoms with Crippen LogP contribution in [0.2, 0.25) is 5.02 Å². The molecule has 0 saturated heterocycles. The standard InChI is InChI=1S/C28H25ClF5N3O5/c1-14(42-27(30)31)8-22(26(40)36-19-6-3-15(4-7-19)25(35)39)37-12-23-21(11-24(37)38)20-10-18(29)5-2-16(20)9-17(13-41-23)28(32,33)34/h2-7,10-12,14,17,22,27H,8-9,13H2,1H3,(H2,35,39)(H,36,40)/t14-,17+,22?/m0/s1. The van der Waals surface area contributed by atoms with Crippen molar-refractivity contribution in [1.82, 2.24) is 4.57 Å². The molecule has 2 amide bonds. The highest BCUT2D eigenvalue weighted by Gasteiger charge is 2.41. The molecule has 14 heteroatoms. The first-order valence-electron chi connectivity index (χ1n) is 12.6. The van der Waals surface area contributed by atoms with E-state index < -0.39 is 67.7 Å². The number of hydrogen-bond donors (Lipinski definition) is 2. The molecule has 224 valence electrons. The number of ether oxygens (including phenoxy) is 2. The Morgan fingerprint density at radius 1 is 1.14 bits per heavy atom. The van der Waals surface area contributed by atoms with Gasteiger partial charge in [0.05, 0.1) is 18.2 Å². The SMILES string of the molecule is C[C@@H](CC(C(=O)Nc1ccc(C(N)=O)cc1)n1cc2c(cc1=O)-c1cc(Cl)ccc1C[C@@H](C(F)(F)F)CO2)OC(F)F. The van der Waals surface area contributed by atoms with Crippen molar-refractivity contribution in [2.75, 3.05) is 11.9 Å². The molecular formula is C28H25ClF5N3O5. The van der Waals surface area contributed by atoms with E-state index in [1.165, 1.54) is 49.4 Å². The minimum Gasteiger partial charge on any atom is -0.491 e. The average Bonchev–Trinajstić information content (AvgIpc) is 2.89. The molecule has 1 aliphatic rings. The lowest BCUT2D eigenvalue weighted by Crippen LogP contribution is -2.36. The van der Waals surface area contributed by atoms with Crippen LogP contribution in [0.3, 0.4) is 0 Å². The van der Waals surface area contributed by atoms with Crippen LogP contribution in [0.5, 0.6) is 5.75 Å². The number of alkyl halides is 5. The number of hydrogen-bond acceptors (Lipinski definition) is 5. The van der Waals surface area contributed by atoms with Crippen molar-refractivity contribution >= 4 is 29.1 Å². The third-order valence-corrected chi connectivity index (χ3v) is 6.98. The fourth-order valence-corrected chi connectivity index (χ4v) is 4.81.